The molecule has 5 nitrogen and oxygen atoms in total. The van der Waals surface area contributed by atoms with Crippen LogP contribution in [0, 0.1) is 5.41 Å². The molecule has 2 amide bonds. The van der Waals surface area contributed by atoms with Crippen molar-refractivity contribution in [2.75, 3.05) is 13.1 Å². The summed E-state index contributed by atoms with van der Waals surface area (Å²) in [4.78, 5) is 29.2. The van der Waals surface area contributed by atoms with Gasteiger partial charge in [-0.25, -0.2) is 4.79 Å². The van der Waals surface area contributed by atoms with E-state index in [9.17, 15) is 9.59 Å². The lowest BCUT2D eigenvalue weighted by atomic mass is 9.93. The summed E-state index contributed by atoms with van der Waals surface area (Å²) >= 11 is 0. The Morgan fingerprint density at radius 1 is 1.24 bits per heavy atom. The molecule has 0 aromatic carbocycles. The van der Waals surface area contributed by atoms with Crippen LogP contribution in [0.4, 0.5) is 4.79 Å². The lowest BCUT2D eigenvalue weighted by molar-refractivity contribution is -0.134. The molecule has 0 unspecified atom stereocenters. The summed E-state index contributed by atoms with van der Waals surface area (Å²) in [7, 11) is 0. The summed E-state index contributed by atoms with van der Waals surface area (Å²) in [5, 5.41) is 0. The van der Waals surface area contributed by atoms with Crippen molar-refractivity contribution in [1.29, 1.82) is 0 Å². The summed E-state index contributed by atoms with van der Waals surface area (Å²) < 4.78 is 5.47. The molecule has 5 heteroatoms. The molecular formula is C20H32N2O3. The highest BCUT2D eigenvalue weighted by molar-refractivity contribution is 5.94. The largest absolute Gasteiger partial charge is 0.444 e. The molecule has 1 saturated carbocycles. The van der Waals surface area contributed by atoms with Crippen molar-refractivity contribution in [3.05, 3.63) is 11.3 Å². The van der Waals surface area contributed by atoms with Crippen LogP contribution in [0.25, 0.3) is 0 Å². The quantitative estimate of drug-likeness (QED) is 0.772. The highest BCUT2D eigenvalue weighted by Gasteiger charge is 2.60. The summed E-state index contributed by atoms with van der Waals surface area (Å²) in [5.74, 6) is 0.323. The fraction of sp³-hybridized carbons (Fsp3) is 0.800. The standard InChI is InChI=1S/C20H32N2O3/c1-6-7-16-14(2)22(17(23)20(16)10-11-20)15-8-12-21(13-9-15)18(24)25-19(3,4)5/h15H,6-13H2,1-5H3. The van der Waals surface area contributed by atoms with E-state index < -0.39 is 5.60 Å². The van der Waals surface area contributed by atoms with Gasteiger partial charge in [0.15, 0.2) is 0 Å². The molecule has 140 valence electrons. The minimum absolute atomic E-state index is 0.150. The lowest BCUT2D eigenvalue weighted by Crippen LogP contribution is -2.48. The molecule has 0 atom stereocenters. The van der Waals surface area contributed by atoms with Crippen LogP contribution in [0.5, 0.6) is 0 Å². The normalized spacial score (nSPS) is 23.6. The Balaban J connectivity index is 1.65. The van der Waals surface area contributed by atoms with Gasteiger partial charge in [-0.2, -0.15) is 0 Å². The van der Waals surface area contributed by atoms with Crippen LogP contribution in [0.15, 0.2) is 11.3 Å². The van der Waals surface area contributed by atoms with Crippen molar-refractivity contribution in [2.24, 2.45) is 5.41 Å². The van der Waals surface area contributed by atoms with Crippen molar-refractivity contribution in [2.45, 2.75) is 84.8 Å². The summed E-state index contributed by atoms with van der Waals surface area (Å²) in [6.45, 7) is 11.3. The van der Waals surface area contributed by atoms with Gasteiger partial charge in [-0.15, -0.1) is 0 Å². The second-order valence-electron chi connectivity index (χ2n) is 8.77. The first kappa shape index (κ1) is 18.3. The third-order valence-corrected chi connectivity index (χ3v) is 5.74. The average molecular weight is 348 g/mol. The number of ether oxygens (including phenoxy) is 1. The Labute approximate surface area is 151 Å². The minimum Gasteiger partial charge on any atom is -0.444 e. The van der Waals surface area contributed by atoms with Crippen LogP contribution >= 0.6 is 0 Å². The van der Waals surface area contributed by atoms with Gasteiger partial charge in [-0.1, -0.05) is 13.3 Å². The van der Waals surface area contributed by atoms with Crippen LogP contribution in [0.3, 0.4) is 0 Å². The highest BCUT2D eigenvalue weighted by Crippen LogP contribution is 2.60. The monoisotopic (exact) mass is 348 g/mol. The molecule has 1 spiro atoms. The van der Waals surface area contributed by atoms with Gasteiger partial charge >= 0.3 is 6.09 Å². The molecule has 0 N–H and O–H groups in total. The van der Waals surface area contributed by atoms with Crippen LogP contribution in [0.1, 0.15) is 73.1 Å². The summed E-state index contributed by atoms with van der Waals surface area (Å²) in [5.41, 5.74) is 1.96. The molecule has 25 heavy (non-hydrogen) atoms. The van der Waals surface area contributed by atoms with Crippen molar-refractivity contribution in [3.8, 4) is 0 Å². The van der Waals surface area contributed by atoms with E-state index in [1.165, 1.54) is 11.3 Å². The summed E-state index contributed by atoms with van der Waals surface area (Å²) in [6, 6.07) is 0.220. The highest BCUT2D eigenvalue weighted by atomic mass is 16.6. The first-order chi connectivity index (χ1) is 11.7. The van der Waals surface area contributed by atoms with E-state index in [4.69, 9.17) is 4.74 Å². The van der Waals surface area contributed by atoms with Crippen molar-refractivity contribution >= 4 is 12.0 Å². The average Bonchev–Trinajstić information content (AvgIpc) is 3.29. The van der Waals surface area contributed by atoms with Crippen LogP contribution < -0.4 is 0 Å². The molecule has 2 heterocycles. The maximum Gasteiger partial charge on any atom is 0.410 e. The van der Waals surface area contributed by atoms with Crippen molar-refractivity contribution < 1.29 is 14.3 Å². The maximum absolute atomic E-state index is 13.1. The SMILES string of the molecule is CCCC1=C(C)N(C2CCN(C(=O)OC(C)(C)C)CC2)C(=O)C12CC2. The van der Waals surface area contributed by atoms with Crippen LogP contribution in [-0.2, 0) is 9.53 Å². The molecule has 3 aliphatic rings. The van der Waals surface area contributed by atoms with E-state index >= 15 is 0 Å². The molecule has 1 saturated heterocycles. The Bertz CT molecular complexity index is 591. The Morgan fingerprint density at radius 3 is 2.32 bits per heavy atom. The predicted octanol–water partition coefficient (Wildman–Crippen LogP) is 4.08. The van der Waals surface area contributed by atoms with Gasteiger partial charge < -0.3 is 14.5 Å². The molecule has 0 aromatic heterocycles. The van der Waals surface area contributed by atoms with E-state index in [2.05, 4.69) is 18.7 Å². The molecule has 1 aliphatic carbocycles. The molecule has 2 aliphatic heterocycles. The molecular weight excluding hydrogens is 316 g/mol. The number of likely N-dealkylation sites (tertiary alicyclic amines) is 1. The topological polar surface area (TPSA) is 49.9 Å². The zero-order valence-electron chi connectivity index (χ0n) is 16.4. The number of carbonyl (C=O) groups is 2. The van der Waals surface area contributed by atoms with E-state index in [1.54, 1.807) is 4.90 Å². The zero-order chi connectivity index (χ0) is 18.4. The maximum atomic E-state index is 13.1. The lowest BCUT2D eigenvalue weighted by Gasteiger charge is -2.38. The fourth-order valence-electron chi connectivity index (χ4n) is 4.39. The second kappa shape index (κ2) is 6.33. The smallest absolute Gasteiger partial charge is 0.410 e. The van der Waals surface area contributed by atoms with Crippen LogP contribution in [0.2, 0.25) is 0 Å². The Kier molecular flexibility index (Phi) is 4.63. The van der Waals surface area contributed by atoms with Crippen molar-refractivity contribution in [3.63, 3.8) is 0 Å². The zero-order valence-corrected chi connectivity index (χ0v) is 16.4. The van der Waals surface area contributed by atoms with E-state index in [0.29, 0.717) is 19.0 Å². The number of hydrogen-bond acceptors (Lipinski definition) is 3. The third-order valence-electron chi connectivity index (χ3n) is 5.74. The van der Waals surface area contributed by atoms with Gasteiger partial charge in [-0.3, -0.25) is 4.79 Å². The third kappa shape index (κ3) is 3.30. The fourth-order valence-corrected chi connectivity index (χ4v) is 4.39. The molecule has 0 aromatic rings. The van der Waals surface area contributed by atoms with E-state index in [0.717, 1.165) is 38.5 Å². The first-order valence-electron chi connectivity index (χ1n) is 9.71. The first-order valence-corrected chi connectivity index (χ1v) is 9.71. The van der Waals surface area contributed by atoms with Gasteiger partial charge in [0, 0.05) is 24.8 Å². The Morgan fingerprint density at radius 2 is 1.84 bits per heavy atom. The van der Waals surface area contributed by atoms with Crippen molar-refractivity contribution in [1.82, 2.24) is 9.80 Å². The van der Waals surface area contributed by atoms with Gasteiger partial charge in [-0.05, 0) is 65.4 Å². The van der Waals surface area contributed by atoms with Gasteiger partial charge in [0.25, 0.3) is 0 Å². The van der Waals surface area contributed by atoms with Crippen LogP contribution in [-0.4, -0.2) is 46.5 Å². The number of amides is 2. The van der Waals surface area contributed by atoms with E-state index in [1.807, 2.05) is 20.8 Å². The Hall–Kier alpha value is -1.52. The van der Waals surface area contributed by atoms with E-state index in [-0.39, 0.29) is 17.6 Å². The number of carbonyl (C=O) groups excluding carboxylic acids is 2. The van der Waals surface area contributed by atoms with Gasteiger partial charge in [0.05, 0.1) is 5.41 Å². The number of piperidine rings is 1. The van der Waals surface area contributed by atoms with Gasteiger partial charge in [0.1, 0.15) is 5.60 Å². The summed E-state index contributed by atoms with van der Waals surface area (Å²) in [6.07, 6.45) is 5.58. The number of nitrogens with zero attached hydrogens (tertiary/aromatic N) is 2. The van der Waals surface area contributed by atoms with Gasteiger partial charge in [0.2, 0.25) is 5.91 Å². The molecule has 2 fully saturated rings. The number of allylic oxidation sites excluding steroid dienone is 1. The minimum atomic E-state index is -0.467. The predicted molar refractivity (Wildman–Crippen MR) is 97.0 cm³/mol. The molecule has 3 rings (SSSR count). The molecule has 0 bridgehead atoms. The second-order valence-corrected chi connectivity index (χ2v) is 8.77. The molecule has 0 radical (unpaired) electrons. The number of rotatable bonds is 3. The number of hydrogen-bond donors (Lipinski definition) is 0.